The van der Waals surface area contributed by atoms with Gasteiger partial charge in [0.15, 0.2) is 0 Å². The molecule has 0 aliphatic carbocycles. The smallest absolute Gasteiger partial charge is 0.0713 e. The second kappa shape index (κ2) is 18.0. The molecule has 23 heavy (non-hydrogen) atoms. The fraction of sp³-hybridized carbons (Fsp3) is 0.900. The van der Waals surface area contributed by atoms with Gasteiger partial charge in [0.1, 0.15) is 0 Å². The molecule has 0 aromatic carbocycles. The molecule has 0 spiro atoms. The van der Waals surface area contributed by atoms with Gasteiger partial charge in [-0.05, 0) is 32.1 Å². The number of aliphatic hydroxyl groups is 2. The van der Waals surface area contributed by atoms with E-state index in [9.17, 15) is 5.11 Å². The van der Waals surface area contributed by atoms with Crippen molar-refractivity contribution in [2.45, 2.75) is 109 Å². The third-order valence-electron chi connectivity index (χ3n) is 4.47. The minimum Gasteiger partial charge on any atom is -0.395 e. The molecule has 4 N–H and O–H groups in total. The van der Waals surface area contributed by atoms with E-state index in [1.807, 2.05) is 0 Å². The zero-order chi connectivity index (χ0) is 17.2. The summed E-state index contributed by atoms with van der Waals surface area (Å²) in [5.74, 6) is 0. The molecule has 3 nitrogen and oxygen atoms in total. The Morgan fingerprint density at radius 1 is 0.783 bits per heavy atom. The summed E-state index contributed by atoms with van der Waals surface area (Å²) in [4.78, 5) is 0. The minimum atomic E-state index is -0.564. The minimum absolute atomic E-state index is 0.139. The molecule has 0 fully saturated rings. The second-order valence-electron chi connectivity index (χ2n) is 6.79. The Labute approximate surface area is 144 Å². The fourth-order valence-corrected chi connectivity index (χ4v) is 2.76. The van der Waals surface area contributed by atoms with Crippen molar-refractivity contribution in [2.75, 3.05) is 6.61 Å². The molecule has 0 aliphatic heterocycles. The third-order valence-corrected chi connectivity index (χ3v) is 4.47. The second-order valence-corrected chi connectivity index (χ2v) is 6.79. The van der Waals surface area contributed by atoms with E-state index in [0.717, 1.165) is 19.3 Å². The van der Waals surface area contributed by atoms with Gasteiger partial charge in [-0.1, -0.05) is 76.9 Å². The van der Waals surface area contributed by atoms with Gasteiger partial charge in [0.2, 0.25) is 0 Å². The van der Waals surface area contributed by atoms with E-state index in [0.29, 0.717) is 6.42 Å². The van der Waals surface area contributed by atoms with Crippen LogP contribution in [-0.2, 0) is 0 Å². The quantitative estimate of drug-likeness (QED) is 0.268. The monoisotopic (exact) mass is 327 g/mol. The van der Waals surface area contributed by atoms with E-state index in [-0.39, 0.29) is 6.61 Å². The predicted octanol–water partition coefficient (Wildman–Crippen LogP) is 4.70. The van der Waals surface area contributed by atoms with Crippen molar-refractivity contribution >= 4 is 0 Å². The summed E-state index contributed by atoms with van der Waals surface area (Å²) >= 11 is 0. The van der Waals surface area contributed by atoms with Gasteiger partial charge in [0, 0.05) is 0 Å². The molecule has 0 bridgehead atoms. The molecule has 0 radical (unpaired) electrons. The van der Waals surface area contributed by atoms with Crippen LogP contribution in [0.25, 0.3) is 0 Å². The molecule has 2 atom stereocenters. The normalized spacial score (nSPS) is 14.4. The summed E-state index contributed by atoms with van der Waals surface area (Å²) in [6.07, 6.45) is 21.5. The standard InChI is InChI=1S/C20H41NO2/c1-2-3-4-5-6-7-8-9-10-11-12-13-14-15-16-17-20(23)19(21)18-22/h12-13,19-20,22-23H,2-11,14-18,21H2,1H3/b13-12-/t19-,20+/m0/s1. The van der Waals surface area contributed by atoms with Crippen molar-refractivity contribution in [3.63, 3.8) is 0 Å². The molecule has 0 amide bonds. The van der Waals surface area contributed by atoms with Crippen LogP contribution in [0, 0.1) is 0 Å². The summed E-state index contributed by atoms with van der Waals surface area (Å²) in [5, 5.41) is 18.5. The van der Waals surface area contributed by atoms with Crippen LogP contribution in [0.2, 0.25) is 0 Å². The maximum Gasteiger partial charge on any atom is 0.0713 e. The number of hydrogen-bond acceptors (Lipinski definition) is 3. The molecular formula is C20H41NO2. The lowest BCUT2D eigenvalue weighted by Crippen LogP contribution is -2.37. The Bertz CT molecular complexity index is 256. The first-order valence-electron chi connectivity index (χ1n) is 9.91. The highest BCUT2D eigenvalue weighted by Crippen LogP contribution is 2.11. The van der Waals surface area contributed by atoms with Gasteiger partial charge in [-0.25, -0.2) is 0 Å². The summed E-state index contributed by atoms with van der Waals surface area (Å²) in [5.41, 5.74) is 5.56. The average molecular weight is 328 g/mol. The first-order chi connectivity index (χ1) is 11.2. The Balaban J connectivity index is 3.20. The van der Waals surface area contributed by atoms with Crippen molar-refractivity contribution in [2.24, 2.45) is 5.73 Å². The largest absolute Gasteiger partial charge is 0.395 e. The lowest BCUT2D eigenvalue weighted by molar-refractivity contribution is 0.0993. The average Bonchev–Trinajstić information content (AvgIpc) is 2.57. The number of aliphatic hydroxyl groups excluding tert-OH is 2. The molecular weight excluding hydrogens is 286 g/mol. The molecule has 0 rings (SSSR count). The van der Waals surface area contributed by atoms with Crippen LogP contribution >= 0.6 is 0 Å². The number of hydrogen-bond donors (Lipinski definition) is 3. The Kier molecular flexibility index (Phi) is 17.7. The fourth-order valence-electron chi connectivity index (χ4n) is 2.76. The predicted molar refractivity (Wildman–Crippen MR) is 101 cm³/mol. The van der Waals surface area contributed by atoms with Crippen LogP contribution < -0.4 is 5.73 Å². The van der Waals surface area contributed by atoms with Crippen LogP contribution in [0.5, 0.6) is 0 Å². The number of rotatable bonds is 17. The molecule has 0 aliphatic rings. The van der Waals surface area contributed by atoms with E-state index in [4.69, 9.17) is 10.8 Å². The van der Waals surface area contributed by atoms with E-state index in [1.165, 1.54) is 64.2 Å². The van der Waals surface area contributed by atoms with Gasteiger partial charge >= 0.3 is 0 Å². The molecule has 0 unspecified atom stereocenters. The molecule has 0 heterocycles. The van der Waals surface area contributed by atoms with Crippen LogP contribution in [0.3, 0.4) is 0 Å². The lowest BCUT2D eigenvalue weighted by Gasteiger charge is -2.15. The molecule has 0 aromatic rings. The first kappa shape index (κ1) is 22.6. The van der Waals surface area contributed by atoms with Crippen molar-refractivity contribution in [1.82, 2.24) is 0 Å². The van der Waals surface area contributed by atoms with Gasteiger partial charge in [0.05, 0.1) is 18.8 Å². The van der Waals surface area contributed by atoms with E-state index < -0.39 is 12.1 Å². The van der Waals surface area contributed by atoms with Crippen LogP contribution in [0.15, 0.2) is 12.2 Å². The number of unbranched alkanes of at least 4 members (excludes halogenated alkanes) is 11. The Morgan fingerprint density at radius 3 is 1.78 bits per heavy atom. The van der Waals surface area contributed by atoms with Gasteiger partial charge < -0.3 is 15.9 Å². The molecule has 0 aromatic heterocycles. The highest BCUT2D eigenvalue weighted by molar-refractivity contribution is 4.81. The van der Waals surface area contributed by atoms with Crippen molar-refractivity contribution < 1.29 is 10.2 Å². The van der Waals surface area contributed by atoms with Crippen molar-refractivity contribution in [3.8, 4) is 0 Å². The van der Waals surface area contributed by atoms with Crippen LogP contribution in [0.1, 0.15) is 96.8 Å². The molecule has 3 heteroatoms. The summed E-state index contributed by atoms with van der Waals surface area (Å²) in [6, 6.07) is -0.489. The van der Waals surface area contributed by atoms with Crippen LogP contribution in [-0.4, -0.2) is 29.0 Å². The maximum atomic E-state index is 9.62. The zero-order valence-corrected chi connectivity index (χ0v) is 15.4. The maximum absolute atomic E-state index is 9.62. The van der Waals surface area contributed by atoms with Gasteiger partial charge in [0.25, 0.3) is 0 Å². The summed E-state index contributed by atoms with van der Waals surface area (Å²) < 4.78 is 0. The summed E-state index contributed by atoms with van der Waals surface area (Å²) in [6.45, 7) is 2.13. The summed E-state index contributed by atoms with van der Waals surface area (Å²) in [7, 11) is 0. The Morgan fingerprint density at radius 2 is 1.26 bits per heavy atom. The third kappa shape index (κ3) is 16.3. The van der Waals surface area contributed by atoms with E-state index in [2.05, 4.69) is 19.1 Å². The molecule has 0 saturated heterocycles. The topological polar surface area (TPSA) is 66.5 Å². The SMILES string of the molecule is CCCCCCCCCCC/C=C\CCCC[C@@H](O)[C@@H](N)CO. The van der Waals surface area contributed by atoms with Gasteiger partial charge in [-0.15, -0.1) is 0 Å². The van der Waals surface area contributed by atoms with E-state index in [1.54, 1.807) is 0 Å². The first-order valence-corrected chi connectivity index (χ1v) is 9.91. The van der Waals surface area contributed by atoms with Gasteiger partial charge in [-0.2, -0.15) is 0 Å². The van der Waals surface area contributed by atoms with Crippen molar-refractivity contribution in [3.05, 3.63) is 12.2 Å². The lowest BCUT2D eigenvalue weighted by atomic mass is 10.0. The number of allylic oxidation sites excluding steroid dienone is 2. The highest BCUT2D eigenvalue weighted by Gasteiger charge is 2.12. The number of nitrogens with two attached hydrogens (primary N) is 1. The molecule has 138 valence electrons. The van der Waals surface area contributed by atoms with Crippen molar-refractivity contribution in [1.29, 1.82) is 0 Å². The molecule has 0 saturated carbocycles. The zero-order valence-electron chi connectivity index (χ0n) is 15.4. The van der Waals surface area contributed by atoms with Gasteiger partial charge in [-0.3, -0.25) is 0 Å². The van der Waals surface area contributed by atoms with Crippen LogP contribution in [0.4, 0.5) is 0 Å². The highest BCUT2D eigenvalue weighted by atomic mass is 16.3. The van der Waals surface area contributed by atoms with E-state index >= 15 is 0 Å². The Hall–Kier alpha value is -0.380.